The van der Waals surface area contributed by atoms with Crippen LogP contribution in [0.5, 0.6) is 0 Å². The molecule has 1 aromatic rings. The average Bonchev–Trinajstić information content (AvgIpc) is 2.38. The van der Waals surface area contributed by atoms with Crippen LogP contribution in [0.25, 0.3) is 0 Å². The zero-order chi connectivity index (χ0) is 13.7. The molecule has 5 heteroatoms. The summed E-state index contributed by atoms with van der Waals surface area (Å²) in [5, 5.41) is 4.35. The Labute approximate surface area is 123 Å². The van der Waals surface area contributed by atoms with E-state index in [1.165, 1.54) is 10.5 Å². The molecule has 1 aromatic carbocycles. The lowest BCUT2D eigenvalue weighted by Gasteiger charge is -2.26. The van der Waals surface area contributed by atoms with Crippen molar-refractivity contribution in [3.63, 3.8) is 0 Å². The van der Waals surface area contributed by atoms with Gasteiger partial charge >= 0.3 is 0 Å². The molecule has 1 atom stereocenters. The van der Waals surface area contributed by atoms with Gasteiger partial charge in [0.2, 0.25) is 5.91 Å². The SMILES string of the molecule is NC(=O)CCCCNC1CCSc2ccc(Cl)cc21. The normalized spacial score (nSPS) is 18.1. The van der Waals surface area contributed by atoms with Crippen molar-refractivity contribution in [3.8, 4) is 0 Å². The molecule has 19 heavy (non-hydrogen) atoms. The van der Waals surface area contributed by atoms with Gasteiger partial charge in [-0.15, -0.1) is 11.8 Å². The topological polar surface area (TPSA) is 55.1 Å². The molecule has 0 saturated carbocycles. The molecule has 1 unspecified atom stereocenters. The second-order valence-electron chi connectivity index (χ2n) is 4.75. The molecule has 1 heterocycles. The minimum absolute atomic E-state index is 0.216. The maximum Gasteiger partial charge on any atom is 0.217 e. The van der Waals surface area contributed by atoms with Gasteiger partial charge in [0.05, 0.1) is 0 Å². The predicted octanol–water partition coefficient (Wildman–Crippen LogP) is 3.12. The third-order valence-corrected chi connectivity index (χ3v) is 4.61. The van der Waals surface area contributed by atoms with E-state index in [0.29, 0.717) is 12.5 Å². The monoisotopic (exact) mass is 298 g/mol. The zero-order valence-electron chi connectivity index (χ0n) is 10.8. The van der Waals surface area contributed by atoms with Crippen LogP contribution >= 0.6 is 23.4 Å². The number of unbranched alkanes of at least 4 members (excludes halogenated alkanes) is 1. The number of amides is 1. The quantitative estimate of drug-likeness (QED) is 0.793. The van der Waals surface area contributed by atoms with Crippen molar-refractivity contribution in [2.75, 3.05) is 12.3 Å². The van der Waals surface area contributed by atoms with Gasteiger partial charge in [-0.3, -0.25) is 4.79 Å². The van der Waals surface area contributed by atoms with Gasteiger partial charge in [-0.1, -0.05) is 11.6 Å². The van der Waals surface area contributed by atoms with E-state index in [9.17, 15) is 4.79 Å². The minimum Gasteiger partial charge on any atom is -0.370 e. The molecule has 1 aliphatic heterocycles. The van der Waals surface area contributed by atoms with Gasteiger partial charge in [0.1, 0.15) is 0 Å². The van der Waals surface area contributed by atoms with Gasteiger partial charge < -0.3 is 11.1 Å². The number of halogens is 1. The van der Waals surface area contributed by atoms with Crippen LogP contribution in [0.4, 0.5) is 0 Å². The molecule has 104 valence electrons. The summed E-state index contributed by atoms with van der Waals surface area (Å²) in [6.45, 7) is 0.911. The number of nitrogens with one attached hydrogen (secondary N) is 1. The number of primary amides is 1. The standard InChI is InChI=1S/C14H19ClN2OS/c15-10-4-5-13-11(9-10)12(6-8-19-13)17-7-2-1-3-14(16)18/h4-5,9,12,17H,1-3,6-8H2,(H2,16,18). The third kappa shape index (κ3) is 4.41. The number of carbonyl (C=O) groups excluding carboxylic acids is 1. The first-order valence-corrected chi connectivity index (χ1v) is 7.97. The fourth-order valence-corrected chi connectivity index (χ4v) is 3.56. The van der Waals surface area contributed by atoms with E-state index in [1.54, 1.807) is 0 Å². The number of hydrogen-bond acceptors (Lipinski definition) is 3. The lowest BCUT2D eigenvalue weighted by Crippen LogP contribution is -2.25. The van der Waals surface area contributed by atoms with Crippen LogP contribution in [0.15, 0.2) is 23.1 Å². The van der Waals surface area contributed by atoms with Crippen LogP contribution in [0.2, 0.25) is 5.02 Å². The molecular formula is C14H19ClN2OS. The Morgan fingerprint density at radius 3 is 3.11 bits per heavy atom. The number of rotatable bonds is 6. The zero-order valence-corrected chi connectivity index (χ0v) is 12.4. The van der Waals surface area contributed by atoms with Crippen LogP contribution in [-0.2, 0) is 4.79 Å². The summed E-state index contributed by atoms with van der Waals surface area (Å²) in [5.74, 6) is 0.916. The second kappa shape index (κ2) is 7.17. The van der Waals surface area contributed by atoms with Gasteiger partial charge in [0.25, 0.3) is 0 Å². The van der Waals surface area contributed by atoms with Gasteiger partial charge in [0.15, 0.2) is 0 Å². The summed E-state index contributed by atoms with van der Waals surface area (Å²) in [5.41, 5.74) is 6.42. The Morgan fingerprint density at radius 2 is 2.32 bits per heavy atom. The average molecular weight is 299 g/mol. The van der Waals surface area contributed by atoms with Crippen LogP contribution in [0, 0.1) is 0 Å². The van der Waals surface area contributed by atoms with E-state index >= 15 is 0 Å². The lowest BCUT2D eigenvalue weighted by molar-refractivity contribution is -0.118. The summed E-state index contributed by atoms with van der Waals surface area (Å²) in [6.07, 6.45) is 3.42. The Kier molecular flexibility index (Phi) is 5.55. The molecule has 3 N–H and O–H groups in total. The molecule has 0 fully saturated rings. The van der Waals surface area contributed by atoms with Crippen molar-refractivity contribution in [1.82, 2.24) is 5.32 Å². The first-order chi connectivity index (χ1) is 9.16. The highest BCUT2D eigenvalue weighted by Crippen LogP contribution is 2.37. The van der Waals surface area contributed by atoms with Crippen molar-refractivity contribution in [3.05, 3.63) is 28.8 Å². The number of carbonyl (C=O) groups is 1. The summed E-state index contributed by atoms with van der Waals surface area (Å²) in [7, 11) is 0. The molecule has 3 nitrogen and oxygen atoms in total. The van der Waals surface area contributed by atoms with Gasteiger partial charge in [0, 0.05) is 22.4 Å². The van der Waals surface area contributed by atoms with E-state index in [-0.39, 0.29) is 5.91 Å². The van der Waals surface area contributed by atoms with Gasteiger partial charge in [-0.2, -0.15) is 0 Å². The number of hydrogen-bond donors (Lipinski definition) is 2. The van der Waals surface area contributed by atoms with Crippen molar-refractivity contribution < 1.29 is 4.79 Å². The first kappa shape index (κ1) is 14.7. The van der Waals surface area contributed by atoms with Crippen LogP contribution in [-0.4, -0.2) is 18.2 Å². The van der Waals surface area contributed by atoms with E-state index in [0.717, 1.165) is 36.6 Å². The highest BCUT2D eigenvalue weighted by atomic mass is 35.5. The molecule has 1 amide bonds. The maximum absolute atomic E-state index is 10.6. The molecule has 0 saturated heterocycles. The number of fused-ring (bicyclic) bond motifs is 1. The summed E-state index contributed by atoms with van der Waals surface area (Å²) in [6, 6.07) is 6.49. The molecule has 0 aliphatic carbocycles. The third-order valence-electron chi connectivity index (χ3n) is 3.25. The van der Waals surface area contributed by atoms with E-state index in [2.05, 4.69) is 17.4 Å². The van der Waals surface area contributed by atoms with Gasteiger partial charge in [-0.25, -0.2) is 0 Å². The van der Waals surface area contributed by atoms with Crippen LogP contribution < -0.4 is 11.1 Å². The molecule has 0 radical (unpaired) electrons. The lowest BCUT2D eigenvalue weighted by atomic mass is 10.0. The largest absolute Gasteiger partial charge is 0.370 e. The summed E-state index contributed by atoms with van der Waals surface area (Å²) >= 11 is 7.96. The first-order valence-electron chi connectivity index (χ1n) is 6.61. The Balaban J connectivity index is 1.85. The highest BCUT2D eigenvalue weighted by molar-refractivity contribution is 7.99. The molecule has 1 aliphatic rings. The molecule has 0 aromatic heterocycles. The molecule has 2 rings (SSSR count). The maximum atomic E-state index is 10.6. The Hall–Kier alpha value is -0.710. The molecule has 0 bridgehead atoms. The summed E-state index contributed by atoms with van der Waals surface area (Å²) < 4.78 is 0. The van der Waals surface area contributed by atoms with Crippen molar-refractivity contribution in [2.45, 2.75) is 36.6 Å². The predicted molar refractivity (Wildman–Crippen MR) is 80.6 cm³/mol. The van der Waals surface area contributed by atoms with Gasteiger partial charge in [-0.05, 0) is 55.3 Å². The van der Waals surface area contributed by atoms with Crippen molar-refractivity contribution in [1.29, 1.82) is 0 Å². The summed E-state index contributed by atoms with van der Waals surface area (Å²) in [4.78, 5) is 12.0. The number of nitrogens with two attached hydrogens (primary N) is 1. The number of benzene rings is 1. The molecular weight excluding hydrogens is 280 g/mol. The van der Waals surface area contributed by atoms with Crippen molar-refractivity contribution >= 4 is 29.3 Å². The second-order valence-corrected chi connectivity index (χ2v) is 6.32. The smallest absolute Gasteiger partial charge is 0.217 e. The van der Waals surface area contributed by atoms with E-state index in [4.69, 9.17) is 17.3 Å². The van der Waals surface area contributed by atoms with E-state index in [1.807, 2.05) is 17.8 Å². The fraction of sp³-hybridized carbons (Fsp3) is 0.500. The Bertz CT molecular complexity index is 453. The number of thioether (sulfide) groups is 1. The Morgan fingerprint density at radius 1 is 1.47 bits per heavy atom. The molecule has 0 spiro atoms. The minimum atomic E-state index is -0.216. The van der Waals surface area contributed by atoms with E-state index < -0.39 is 0 Å². The van der Waals surface area contributed by atoms with Crippen LogP contribution in [0.3, 0.4) is 0 Å². The van der Waals surface area contributed by atoms with Crippen molar-refractivity contribution in [2.24, 2.45) is 5.73 Å². The fourth-order valence-electron chi connectivity index (χ4n) is 2.28. The van der Waals surface area contributed by atoms with Crippen LogP contribution in [0.1, 0.15) is 37.3 Å². The highest BCUT2D eigenvalue weighted by Gasteiger charge is 2.20.